The summed E-state index contributed by atoms with van der Waals surface area (Å²) in [4.78, 5) is 19.6. The highest BCUT2D eigenvalue weighted by atomic mass is 32.1. The van der Waals surface area contributed by atoms with Crippen molar-refractivity contribution in [3.8, 4) is 11.3 Å². The molecule has 0 spiro atoms. The molecule has 200 valence electrons. The Bertz CT molecular complexity index is 1480. The first-order valence-corrected chi connectivity index (χ1v) is 13.6. The van der Waals surface area contributed by atoms with Crippen LogP contribution in [0.25, 0.3) is 26.4 Å². The number of likely N-dealkylation sites (tertiary alicyclic amines) is 1. The first-order chi connectivity index (χ1) is 18.2. The summed E-state index contributed by atoms with van der Waals surface area (Å²) in [5, 5.41) is 6.35. The normalized spacial score (nSPS) is 19.5. The van der Waals surface area contributed by atoms with Gasteiger partial charge in [-0.2, -0.15) is 13.2 Å². The van der Waals surface area contributed by atoms with Crippen molar-refractivity contribution in [2.75, 3.05) is 26.2 Å². The molecule has 11 heteroatoms. The highest BCUT2D eigenvalue weighted by Crippen LogP contribution is 2.33. The molecule has 4 aromatic rings. The van der Waals surface area contributed by atoms with Crippen LogP contribution in [-0.4, -0.2) is 58.6 Å². The summed E-state index contributed by atoms with van der Waals surface area (Å²) in [5.41, 5.74) is 3.32. The number of nitrogens with zero attached hydrogens (tertiary/aromatic N) is 3. The first-order valence-electron chi connectivity index (χ1n) is 12.8. The molecule has 2 aliphatic rings. The third-order valence-corrected chi connectivity index (χ3v) is 8.43. The van der Waals surface area contributed by atoms with Crippen LogP contribution in [0.15, 0.2) is 42.6 Å². The van der Waals surface area contributed by atoms with Crippen molar-refractivity contribution >= 4 is 32.4 Å². The van der Waals surface area contributed by atoms with Crippen molar-refractivity contribution in [1.29, 1.82) is 0 Å². The topological polar surface area (TPSA) is 61.7 Å². The lowest BCUT2D eigenvalue weighted by molar-refractivity contribution is -0.148. The van der Waals surface area contributed by atoms with Gasteiger partial charge >= 0.3 is 6.18 Å². The Morgan fingerprint density at radius 1 is 1.13 bits per heavy atom. The molecular formula is C27H27F4N5OS. The Morgan fingerprint density at radius 2 is 1.95 bits per heavy atom. The number of alkyl halides is 3. The van der Waals surface area contributed by atoms with Crippen molar-refractivity contribution in [2.45, 2.75) is 43.9 Å². The SMILES string of the molecule is O=C(NC1CCN(CC(F)(F)F)CC1)c1ccc2c(c1)sc1nc(-c3ccc(C4CCCN4)cc3F)cn12. The Kier molecular flexibility index (Phi) is 6.61. The van der Waals surface area contributed by atoms with Gasteiger partial charge in [-0.25, -0.2) is 9.37 Å². The van der Waals surface area contributed by atoms with Gasteiger partial charge in [0.25, 0.3) is 5.91 Å². The van der Waals surface area contributed by atoms with Gasteiger partial charge in [-0.1, -0.05) is 17.4 Å². The van der Waals surface area contributed by atoms with Crippen molar-refractivity contribution < 1.29 is 22.4 Å². The fourth-order valence-electron chi connectivity index (χ4n) is 5.45. The van der Waals surface area contributed by atoms with Gasteiger partial charge in [0.1, 0.15) is 5.82 Å². The molecule has 1 unspecified atom stereocenters. The van der Waals surface area contributed by atoms with Gasteiger partial charge in [-0.05, 0) is 68.1 Å². The summed E-state index contributed by atoms with van der Waals surface area (Å²) in [6, 6.07) is 10.7. The Hall–Kier alpha value is -3.02. The summed E-state index contributed by atoms with van der Waals surface area (Å²) in [6.45, 7) is 0.637. The van der Waals surface area contributed by atoms with Crippen molar-refractivity contribution in [2.24, 2.45) is 0 Å². The molecule has 6 rings (SSSR count). The maximum atomic E-state index is 15.0. The van der Waals surface area contributed by atoms with Crippen LogP contribution < -0.4 is 10.6 Å². The molecule has 2 aromatic heterocycles. The number of aromatic nitrogens is 2. The second-order valence-electron chi connectivity index (χ2n) is 10.1. The van der Waals surface area contributed by atoms with Crippen LogP contribution >= 0.6 is 11.3 Å². The lowest BCUT2D eigenvalue weighted by Gasteiger charge is -2.32. The number of thiazole rings is 1. The van der Waals surface area contributed by atoms with Gasteiger partial charge in [0.05, 0.1) is 22.5 Å². The number of nitrogens with one attached hydrogen (secondary N) is 2. The van der Waals surface area contributed by atoms with Crippen LogP contribution in [0.5, 0.6) is 0 Å². The number of amides is 1. The van der Waals surface area contributed by atoms with E-state index in [-0.39, 0.29) is 23.8 Å². The van der Waals surface area contributed by atoms with Crippen LogP contribution in [0, 0.1) is 5.82 Å². The zero-order valence-corrected chi connectivity index (χ0v) is 21.3. The summed E-state index contributed by atoms with van der Waals surface area (Å²) < 4.78 is 55.6. The second-order valence-corrected chi connectivity index (χ2v) is 11.1. The molecule has 2 aromatic carbocycles. The van der Waals surface area contributed by atoms with Gasteiger partial charge in [0.15, 0.2) is 4.96 Å². The molecule has 6 nitrogen and oxygen atoms in total. The van der Waals surface area contributed by atoms with E-state index in [2.05, 4.69) is 15.6 Å². The second kappa shape index (κ2) is 9.94. The number of halogens is 4. The van der Waals surface area contributed by atoms with Gasteiger partial charge in [-0.3, -0.25) is 14.1 Å². The number of carbonyl (C=O) groups is 1. The molecule has 0 radical (unpaired) electrons. The maximum absolute atomic E-state index is 15.0. The summed E-state index contributed by atoms with van der Waals surface area (Å²) in [7, 11) is 0. The molecule has 0 aliphatic carbocycles. The average Bonchev–Trinajstić information content (AvgIpc) is 3.61. The highest BCUT2D eigenvalue weighted by Gasteiger charge is 2.32. The van der Waals surface area contributed by atoms with E-state index in [1.54, 1.807) is 24.3 Å². The molecule has 2 N–H and O–H groups in total. The number of imidazole rings is 1. The van der Waals surface area contributed by atoms with Gasteiger partial charge in [-0.15, -0.1) is 0 Å². The van der Waals surface area contributed by atoms with Crippen LogP contribution in [0.1, 0.15) is 47.6 Å². The lowest BCUT2D eigenvalue weighted by atomic mass is 10.0. The van der Waals surface area contributed by atoms with Crippen molar-refractivity contribution in [1.82, 2.24) is 24.9 Å². The molecule has 2 aliphatic heterocycles. The van der Waals surface area contributed by atoms with E-state index in [9.17, 15) is 22.4 Å². The molecule has 1 atom stereocenters. The monoisotopic (exact) mass is 545 g/mol. The van der Waals surface area contributed by atoms with E-state index >= 15 is 0 Å². The van der Waals surface area contributed by atoms with E-state index in [1.165, 1.54) is 16.2 Å². The van der Waals surface area contributed by atoms with Gasteiger partial charge < -0.3 is 10.6 Å². The number of piperidine rings is 1. The minimum absolute atomic E-state index is 0.156. The lowest BCUT2D eigenvalue weighted by Crippen LogP contribution is -2.47. The predicted molar refractivity (Wildman–Crippen MR) is 139 cm³/mol. The summed E-state index contributed by atoms with van der Waals surface area (Å²) in [6.07, 6.45) is 0.661. The van der Waals surface area contributed by atoms with Crippen LogP contribution in [0.4, 0.5) is 17.6 Å². The molecule has 2 saturated heterocycles. The largest absolute Gasteiger partial charge is 0.401 e. The van der Waals surface area contributed by atoms with E-state index in [4.69, 9.17) is 0 Å². The van der Waals surface area contributed by atoms with Crippen LogP contribution in [0.3, 0.4) is 0 Å². The standard InChI is InChI=1S/C27H27F4N5OS/c28-20-12-16(21-2-1-9-32-21)3-5-19(20)22-14-36-23-6-4-17(13-24(23)38-26(36)34-22)25(37)33-18-7-10-35(11-8-18)15-27(29,30)31/h3-6,12-14,18,21,32H,1-2,7-11,15H2,(H,33,37). The van der Waals surface area contributed by atoms with Crippen LogP contribution in [0.2, 0.25) is 0 Å². The quantitative estimate of drug-likeness (QED) is 0.324. The predicted octanol–water partition coefficient (Wildman–Crippen LogP) is 5.54. The number of benzene rings is 2. The molecule has 1 amide bonds. The Morgan fingerprint density at radius 3 is 2.66 bits per heavy atom. The molecule has 0 bridgehead atoms. The summed E-state index contributed by atoms with van der Waals surface area (Å²) >= 11 is 1.42. The smallest absolute Gasteiger partial charge is 0.349 e. The maximum Gasteiger partial charge on any atom is 0.401 e. The minimum Gasteiger partial charge on any atom is -0.349 e. The zero-order valence-electron chi connectivity index (χ0n) is 20.5. The Labute approximate surface area is 220 Å². The summed E-state index contributed by atoms with van der Waals surface area (Å²) in [5.74, 6) is -0.540. The van der Waals surface area contributed by atoms with Crippen LogP contribution in [-0.2, 0) is 0 Å². The van der Waals surface area contributed by atoms with Crippen molar-refractivity contribution in [3.05, 3.63) is 59.5 Å². The van der Waals surface area contributed by atoms with Gasteiger partial charge in [0.2, 0.25) is 0 Å². The third-order valence-electron chi connectivity index (χ3n) is 7.41. The fourth-order valence-corrected chi connectivity index (χ4v) is 6.50. The number of carbonyl (C=O) groups excluding carboxylic acids is 1. The van der Waals surface area contributed by atoms with Crippen molar-refractivity contribution in [3.63, 3.8) is 0 Å². The number of hydrogen-bond acceptors (Lipinski definition) is 5. The van der Waals surface area contributed by atoms with E-state index < -0.39 is 12.7 Å². The number of fused-ring (bicyclic) bond motifs is 3. The van der Waals surface area contributed by atoms with E-state index in [0.717, 1.165) is 35.2 Å². The van der Waals surface area contributed by atoms with Gasteiger partial charge in [0, 0.05) is 42.5 Å². The molecule has 38 heavy (non-hydrogen) atoms. The fraction of sp³-hybridized carbons (Fsp3) is 0.407. The molecular weight excluding hydrogens is 518 g/mol. The van der Waals surface area contributed by atoms with E-state index in [0.29, 0.717) is 47.7 Å². The zero-order chi connectivity index (χ0) is 26.4. The average molecular weight is 546 g/mol. The minimum atomic E-state index is -4.21. The van der Waals surface area contributed by atoms with E-state index in [1.807, 2.05) is 22.7 Å². The molecule has 0 saturated carbocycles. The number of rotatable bonds is 5. The highest BCUT2D eigenvalue weighted by molar-refractivity contribution is 7.23. The Balaban J connectivity index is 1.15. The number of hydrogen-bond donors (Lipinski definition) is 2. The first kappa shape index (κ1) is 25.3. The molecule has 4 heterocycles. The molecule has 2 fully saturated rings. The third kappa shape index (κ3) is 5.14.